The summed E-state index contributed by atoms with van der Waals surface area (Å²) >= 11 is 0. The Kier molecular flexibility index (Phi) is 4.80. The SMILES string of the molecule is Cc1ccc(N(CCC2CCCO2)CC(=O)O)cc1. The Morgan fingerprint density at radius 2 is 2.16 bits per heavy atom. The number of anilines is 1. The van der Waals surface area contributed by atoms with Gasteiger partial charge >= 0.3 is 5.97 Å². The summed E-state index contributed by atoms with van der Waals surface area (Å²) in [7, 11) is 0. The zero-order valence-electron chi connectivity index (χ0n) is 11.3. The molecule has 0 amide bonds. The summed E-state index contributed by atoms with van der Waals surface area (Å²) in [6.07, 6.45) is 3.39. The minimum absolute atomic E-state index is 0.0375. The van der Waals surface area contributed by atoms with Crippen LogP contribution >= 0.6 is 0 Å². The van der Waals surface area contributed by atoms with E-state index in [0.717, 1.165) is 38.1 Å². The zero-order chi connectivity index (χ0) is 13.7. The highest BCUT2D eigenvalue weighted by molar-refractivity contribution is 5.73. The standard InChI is InChI=1S/C15H21NO3/c1-12-4-6-13(7-5-12)16(11-15(17)18)9-8-14-3-2-10-19-14/h4-7,14H,2-3,8-11H2,1H3,(H,17,18). The predicted molar refractivity (Wildman–Crippen MR) is 74.6 cm³/mol. The van der Waals surface area contributed by atoms with Gasteiger partial charge < -0.3 is 14.7 Å². The van der Waals surface area contributed by atoms with Crippen molar-refractivity contribution in [3.05, 3.63) is 29.8 Å². The van der Waals surface area contributed by atoms with Crippen LogP contribution in [-0.4, -0.2) is 36.9 Å². The molecule has 1 aliphatic rings. The van der Waals surface area contributed by atoms with E-state index in [1.165, 1.54) is 5.56 Å². The summed E-state index contributed by atoms with van der Waals surface area (Å²) < 4.78 is 5.59. The van der Waals surface area contributed by atoms with Crippen molar-refractivity contribution < 1.29 is 14.6 Å². The fourth-order valence-corrected chi connectivity index (χ4v) is 2.39. The van der Waals surface area contributed by atoms with Gasteiger partial charge in [-0.3, -0.25) is 4.79 Å². The molecule has 1 N–H and O–H groups in total. The van der Waals surface area contributed by atoms with E-state index in [9.17, 15) is 4.79 Å². The highest BCUT2D eigenvalue weighted by Crippen LogP contribution is 2.19. The monoisotopic (exact) mass is 263 g/mol. The average molecular weight is 263 g/mol. The normalized spacial score (nSPS) is 18.5. The van der Waals surface area contributed by atoms with Gasteiger partial charge in [0.1, 0.15) is 6.54 Å². The van der Waals surface area contributed by atoms with Crippen LogP contribution in [0.5, 0.6) is 0 Å². The fraction of sp³-hybridized carbons (Fsp3) is 0.533. The van der Waals surface area contributed by atoms with Gasteiger partial charge in [0.05, 0.1) is 6.10 Å². The topological polar surface area (TPSA) is 49.8 Å². The maximum absolute atomic E-state index is 11.0. The Hall–Kier alpha value is -1.55. The van der Waals surface area contributed by atoms with E-state index < -0.39 is 5.97 Å². The van der Waals surface area contributed by atoms with Crippen molar-refractivity contribution in [2.75, 3.05) is 24.6 Å². The van der Waals surface area contributed by atoms with E-state index in [4.69, 9.17) is 9.84 Å². The molecule has 0 saturated carbocycles. The van der Waals surface area contributed by atoms with Crippen LogP contribution in [0, 0.1) is 6.92 Å². The maximum atomic E-state index is 11.0. The van der Waals surface area contributed by atoms with Crippen molar-refractivity contribution in [3.8, 4) is 0 Å². The molecular weight excluding hydrogens is 242 g/mol. The van der Waals surface area contributed by atoms with E-state index in [1.54, 1.807) is 0 Å². The molecule has 4 nitrogen and oxygen atoms in total. The number of benzene rings is 1. The number of carboxylic acids is 1. The number of rotatable bonds is 6. The van der Waals surface area contributed by atoms with Crippen molar-refractivity contribution in [2.45, 2.75) is 32.3 Å². The lowest BCUT2D eigenvalue weighted by molar-refractivity contribution is -0.135. The molecule has 1 saturated heterocycles. The van der Waals surface area contributed by atoms with E-state index in [-0.39, 0.29) is 6.54 Å². The second-order valence-electron chi connectivity index (χ2n) is 5.07. The van der Waals surface area contributed by atoms with Gasteiger partial charge in [-0.25, -0.2) is 0 Å². The Bertz CT molecular complexity index is 410. The van der Waals surface area contributed by atoms with Gasteiger partial charge in [0.15, 0.2) is 0 Å². The summed E-state index contributed by atoms with van der Waals surface area (Å²) in [5.41, 5.74) is 2.14. The molecule has 1 atom stereocenters. The molecule has 2 rings (SSSR count). The first-order valence-electron chi connectivity index (χ1n) is 6.80. The molecule has 0 aromatic heterocycles. The van der Waals surface area contributed by atoms with E-state index in [1.807, 2.05) is 36.1 Å². The third-order valence-electron chi connectivity index (χ3n) is 3.47. The molecule has 1 fully saturated rings. The molecule has 1 aromatic carbocycles. The van der Waals surface area contributed by atoms with Crippen LogP contribution in [0.3, 0.4) is 0 Å². The van der Waals surface area contributed by atoms with Gasteiger partial charge in [-0.05, 0) is 38.3 Å². The van der Waals surface area contributed by atoms with Crippen molar-refractivity contribution in [3.63, 3.8) is 0 Å². The number of carbonyl (C=O) groups is 1. The third-order valence-corrected chi connectivity index (χ3v) is 3.47. The summed E-state index contributed by atoms with van der Waals surface area (Å²) in [6, 6.07) is 7.98. The lowest BCUT2D eigenvalue weighted by Gasteiger charge is -2.24. The number of ether oxygens (including phenoxy) is 1. The van der Waals surface area contributed by atoms with Crippen LogP contribution in [0.2, 0.25) is 0 Å². The Morgan fingerprint density at radius 3 is 2.74 bits per heavy atom. The molecule has 1 unspecified atom stereocenters. The van der Waals surface area contributed by atoms with Crippen LogP contribution in [0.25, 0.3) is 0 Å². The molecule has 4 heteroatoms. The summed E-state index contributed by atoms with van der Waals surface area (Å²) in [5, 5.41) is 9.02. The third kappa shape index (κ3) is 4.24. The fourth-order valence-electron chi connectivity index (χ4n) is 2.39. The van der Waals surface area contributed by atoms with Crippen molar-refractivity contribution in [1.82, 2.24) is 0 Å². The Morgan fingerprint density at radius 1 is 1.42 bits per heavy atom. The lowest BCUT2D eigenvalue weighted by atomic mass is 10.1. The Labute approximate surface area is 114 Å². The first-order chi connectivity index (χ1) is 9.15. The van der Waals surface area contributed by atoms with Gasteiger partial charge in [0.2, 0.25) is 0 Å². The van der Waals surface area contributed by atoms with Crippen molar-refractivity contribution >= 4 is 11.7 Å². The summed E-state index contributed by atoms with van der Waals surface area (Å²) in [5.74, 6) is -0.798. The van der Waals surface area contributed by atoms with Crippen LogP contribution in [0.4, 0.5) is 5.69 Å². The smallest absolute Gasteiger partial charge is 0.323 e. The highest BCUT2D eigenvalue weighted by Gasteiger charge is 2.18. The van der Waals surface area contributed by atoms with Crippen LogP contribution in [-0.2, 0) is 9.53 Å². The van der Waals surface area contributed by atoms with E-state index in [0.29, 0.717) is 6.10 Å². The maximum Gasteiger partial charge on any atom is 0.323 e. The van der Waals surface area contributed by atoms with Crippen LogP contribution < -0.4 is 4.90 Å². The molecule has 104 valence electrons. The summed E-state index contributed by atoms with van der Waals surface area (Å²) in [4.78, 5) is 12.9. The molecule has 1 heterocycles. The first kappa shape index (κ1) is 13.9. The van der Waals surface area contributed by atoms with Crippen molar-refractivity contribution in [1.29, 1.82) is 0 Å². The minimum atomic E-state index is -0.798. The van der Waals surface area contributed by atoms with Gasteiger partial charge in [-0.2, -0.15) is 0 Å². The number of carboxylic acid groups (broad SMARTS) is 1. The second kappa shape index (κ2) is 6.57. The van der Waals surface area contributed by atoms with Crippen LogP contribution in [0.1, 0.15) is 24.8 Å². The average Bonchev–Trinajstić information content (AvgIpc) is 2.88. The number of hydrogen-bond donors (Lipinski definition) is 1. The molecule has 19 heavy (non-hydrogen) atoms. The van der Waals surface area contributed by atoms with Gasteiger partial charge in [0.25, 0.3) is 0 Å². The number of aryl methyl sites for hydroxylation is 1. The Balaban J connectivity index is 1.97. The predicted octanol–water partition coefficient (Wildman–Crippen LogP) is 2.46. The lowest BCUT2D eigenvalue weighted by Crippen LogP contribution is -2.32. The summed E-state index contributed by atoms with van der Waals surface area (Å²) in [6.45, 7) is 3.63. The van der Waals surface area contributed by atoms with Crippen molar-refractivity contribution in [2.24, 2.45) is 0 Å². The molecular formula is C15H21NO3. The first-order valence-corrected chi connectivity index (χ1v) is 6.80. The molecule has 1 aromatic rings. The van der Waals surface area contributed by atoms with E-state index in [2.05, 4.69) is 0 Å². The van der Waals surface area contributed by atoms with Crippen LogP contribution in [0.15, 0.2) is 24.3 Å². The number of nitrogens with zero attached hydrogens (tertiary/aromatic N) is 1. The van der Waals surface area contributed by atoms with Gasteiger partial charge in [-0.15, -0.1) is 0 Å². The molecule has 1 aliphatic heterocycles. The largest absolute Gasteiger partial charge is 0.480 e. The van der Waals surface area contributed by atoms with Gasteiger partial charge in [-0.1, -0.05) is 17.7 Å². The quantitative estimate of drug-likeness (QED) is 0.856. The zero-order valence-corrected chi connectivity index (χ0v) is 11.3. The number of aliphatic carboxylic acids is 1. The molecule has 0 spiro atoms. The minimum Gasteiger partial charge on any atom is -0.480 e. The molecule has 0 radical (unpaired) electrons. The molecule has 0 aliphatic carbocycles. The number of hydrogen-bond acceptors (Lipinski definition) is 3. The second-order valence-corrected chi connectivity index (χ2v) is 5.07. The highest BCUT2D eigenvalue weighted by atomic mass is 16.5. The molecule has 0 bridgehead atoms. The van der Waals surface area contributed by atoms with Gasteiger partial charge in [0, 0.05) is 18.8 Å². The van der Waals surface area contributed by atoms with E-state index >= 15 is 0 Å².